The van der Waals surface area contributed by atoms with Gasteiger partial charge in [0, 0.05) is 21.3 Å². The number of hydrogen-bond acceptors (Lipinski definition) is 5. The van der Waals surface area contributed by atoms with Gasteiger partial charge >= 0.3 is 0 Å². The van der Waals surface area contributed by atoms with Gasteiger partial charge in [0.05, 0.1) is 12.2 Å². The molecule has 216 valence electrons. The lowest BCUT2D eigenvalue weighted by Gasteiger charge is -2.19. The fourth-order valence-electron chi connectivity index (χ4n) is 3.63. The standard InChI is InChI=1S/C31H35BrN4O4S/c1-19(2)16-17-40-26-15-12-23(32)18-25(26)29(39)34-30(41)36-35-28(38)21-8-13-24(14-9-21)33-27(37)20-6-10-22(11-7-20)31(3,4)5/h6-15,18-19H,16-17H2,1-5H3,(H,33,37)(H,35,38)(H2,34,36,39,41). The summed E-state index contributed by atoms with van der Waals surface area (Å²) in [6.45, 7) is 11.0. The summed E-state index contributed by atoms with van der Waals surface area (Å²) >= 11 is 8.55. The molecule has 10 heteroatoms. The molecule has 8 nitrogen and oxygen atoms in total. The predicted molar refractivity (Wildman–Crippen MR) is 169 cm³/mol. The molecule has 0 radical (unpaired) electrons. The Morgan fingerprint density at radius 3 is 2.07 bits per heavy atom. The van der Waals surface area contributed by atoms with Crippen LogP contribution in [0, 0.1) is 5.92 Å². The van der Waals surface area contributed by atoms with Gasteiger partial charge in [0.15, 0.2) is 5.11 Å². The van der Waals surface area contributed by atoms with Gasteiger partial charge in [0.2, 0.25) is 0 Å². The monoisotopic (exact) mass is 638 g/mol. The minimum atomic E-state index is -0.481. The third kappa shape index (κ3) is 9.68. The Balaban J connectivity index is 1.52. The number of hydrazine groups is 1. The van der Waals surface area contributed by atoms with E-state index >= 15 is 0 Å². The molecular weight excluding hydrogens is 604 g/mol. The molecule has 0 aliphatic heterocycles. The number of ether oxygens (including phenoxy) is 1. The Hall–Kier alpha value is -3.76. The number of benzene rings is 3. The van der Waals surface area contributed by atoms with Crippen LogP contribution < -0.4 is 26.2 Å². The summed E-state index contributed by atoms with van der Waals surface area (Å²) in [5.74, 6) is -0.297. The van der Waals surface area contributed by atoms with Crippen LogP contribution in [0.2, 0.25) is 0 Å². The number of thiocarbonyl (C=S) groups is 1. The molecule has 3 rings (SSSR count). The van der Waals surface area contributed by atoms with Crippen molar-refractivity contribution in [2.75, 3.05) is 11.9 Å². The SMILES string of the molecule is CC(C)CCOc1ccc(Br)cc1C(=O)NC(=S)NNC(=O)c1ccc(NC(=O)c2ccc(C(C)(C)C)cc2)cc1. The van der Waals surface area contributed by atoms with Gasteiger partial charge in [-0.15, -0.1) is 0 Å². The molecule has 0 spiro atoms. The van der Waals surface area contributed by atoms with E-state index in [4.69, 9.17) is 17.0 Å². The second-order valence-corrected chi connectivity index (χ2v) is 12.2. The van der Waals surface area contributed by atoms with Crippen LogP contribution in [0.4, 0.5) is 5.69 Å². The lowest BCUT2D eigenvalue weighted by Crippen LogP contribution is -2.48. The zero-order valence-electron chi connectivity index (χ0n) is 23.8. The highest BCUT2D eigenvalue weighted by Gasteiger charge is 2.17. The van der Waals surface area contributed by atoms with Crippen molar-refractivity contribution in [3.05, 3.63) is 93.5 Å². The van der Waals surface area contributed by atoms with Crippen molar-refractivity contribution in [2.45, 2.75) is 46.5 Å². The molecule has 0 aliphatic carbocycles. The van der Waals surface area contributed by atoms with E-state index in [1.54, 1.807) is 54.6 Å². The van der Waals surface area contributed by atoms with Gasteiger partial charge in [-0.3, -0.25) is 30.6 Å². The summed E-state index contributed by atoms with van der Waals surface area (Å²) in [6.07, 6.45) is 0.849. The molecule has 0 saturated carbocycles. The van der Waals surface area contributed by atoms with Gasteiger partial charge in [0.25, 0.3) is 17.7 Å². The van der Waals surface area contributed by atoms with Crippen molar-refractivity contribution in [3.63, 3.8) is 0 Å². The van der Waals surface area contributed by atoms with Crippen LogP contribution in [0.25, 0.3) is 0 Å². The van der Waals surface area contributed by atoms with Gasteiger partial charge in [0.1, 0.15) is 5.75 Å². The van der Waals surface area contributed by atoms with E-state index in [0.717, 1.165) is 12.0 Å². The third-order valence-corrected chi connectivity index (χ3v) is 6.77. The number of nitrogens with one attached hydrogen (secondary N) is 4. The highest BCUT2D eigenvalue weighted by molar-refractivity contribution is 9.10. The van der Waals surface area contributed by atoms with E-state index in [1.165, 1.54) is 0 Å². The van der Waals surface area contributed by atoms with Crippen LogP contribution in [-0.4, -0.2) is 29.4 Å². The van der Waals surface area contributed by atoms with Crippen LogP contribution in [0.3, 0.4) is 0 Å². The number of hydrogen-bond donors (Lipinski definition) is 4. The fourth-order valence-corrected chi connectivity index (χ4v) is 4.13. The first-order valence-electron chi connectivity index (χ1n) is 13.2. The maximum atomic E-state index is 12.8. The van der Waals surface area contributed by atoms with E-state index < -0.39 is 11.8 Å². The second kappa shape index (κ2) is 14.2. The number of amides is 3. The highest BCUT2D eigenvalue weighted by atomic mass is 79.9. The first-order valence-corrected chi connectivity index (χ1v) is 14.4. The highest BCUT2D eigenvalue weighted by Crippen LogP contribution is 2.24. The summed E-state index contributed by atoms with van der Waals surface area (Å²) in [6, 6.07) is 19.0. The molecule has 0 aromatic heterocycles. The van der Waals surface area contributed by atoms with Crippen molar-refractivity contribution in [1.82, 2.24) is 16.2 Å². The molecule has 0 saturated heterocycles. The Morgan fingerprint density at radius 1 is 0.854 bits per heavy atom. The van der Waals surface area contributed by atoms with E-state index in [1.807, 2.05) is 12.1 Å². The molecule has 0 bridgehead atoms. The van der Waals surface area contributed by atoms with Gasteiger partial charge < -0.3 is 10.1 Å². The van der Waals surface area contributed by atoms with Crippen molar-refractivity contribution in [1.29, 1.82) is 0 Å². The van der Waals surface area contributed by atoms with Gasteiger partial charge in [-0.1, -0.05) is 62.7 Å². The number of halogens is 1. The number of rotatable bonds is 8. The van der Waals surface area contributed by atoms with Crippen molar-refractivity contribution >= 4 is 56.7 Å². The topological polar surface area (TPSA) is 109 Å². The molecule has 3 amide bonds. The molecule has 0 atom stereocenters. The summed E-state index contributed by atoms with van der Waals surface area (Å²) in [5.41, 5.74) is 7.85. The quantitative estimate of drug-likeness (QED) is 0.169. The molecule has 0 heterocycles. The molecule has 0 unspecified atom stereocenters. The molecular formula is C31H35BrN4O4S. The molecule has 0 fully saturated rings. The summed E-state index contributed by atoms with van der Waals surface area (Å²) in [5, 5.41) is 5.29. The van der Waals surface area contributed by atoms with E-state index in [-0.39, 0.29) is 16.4 Å². The average Bonchev–Trinajstić information content (AvgIpc) is 2.92. The minimum absolute atomic E-state index is 0.000285. The van der Waals surface area contributed by atoms with Gasteiger partial charge in [-0.25, -0.2) is 0 Å². The smallest absolute Gasteiger partial charge is 0.269 e. The van der Waals surface area contributed by atoms with Gasteiger partial charge in [-0.2, -0.15) is 0 Å². The Kier molecular flexibility index (Phi) is 11.0. The molecule has 3 aromatic rings. The van der Waals surface area contributed by atoms with Crippen LogP contribution >= 0.6 is 28.1 Å². The van der Waals surface area contributed by atoms with Crippen molar-refractivity contribution < 1.29 is 19.1 Å². The van der Waals surface area contributed by atoms with Crippen LogP contribution in [0.1, 0.15) is 77.7 Å². The second-order valence-electron chi connectivity index (χ2n) is 10.9. The van der Waals surface area contributed by atoms with Crippen LogP contribution in [0.5, 0.6) is 5.75 Å². The Labute approximate surface area is 254 Å². The number of carbonyl (C=O) groups excluding carboxylic acids is 3. The lowest BCUT2D eigenvalue weighted by atomic mass is 9.87. The predicted octanol–water partition coefficient (Wildman–Crippen LogP) is 6.37. The maximum absolute atomic E-state index is 12.8. The Morgan fingerprint density at radius 2 is 1.46 bits per heavy atom. The molecule has 4 N–H and O–H groups in total. The minimum Gasteiger partial charge on any atom is -0.493 e. The van der Waals surface area contributed by atoms with E-state index in [2.05, 4.69) is 72.0 Å². The lowest BCUT2D eigenvalue weighted by molar-refractivity contribution is 0.0933. The van der Waals surface area contributed by atoms with Crippen LogP contribution in [0.15, 0.2) is 71.2 Å². The number of carbonyl (C=O) groups is 3. The van der Waals surface area contributed by atoms with Crippen LogP contribution in [-0.2, 0) is 5.41 Å². The summed E-state index contributed by atoms with van der Waals surface area (Å²) in [7, 11) is 0. The Bertz CT molecular complexity index is 1400. The van der Waals surface area contributed by atoms with E-state index in [9.17, 15) is 14.4 Å². The van der Waals surface area contributed by atoms with E-state index in [0.29, 0.717) is 45.1 Å². The normalized spacial score (nSPS) is 11.0. The first-order chi connectivity index (χ1) is 19.3. The molecule has 41 heavy (non-hydrogen) atoms. The zero-order valence-corrected chi connectivity index (χ0v) is 26.2. The zero-order chi connectivity index (χ0) is 30.2. The van der Waals surface area contributed by atoms with Gasteiger partial charge in [-0.05, 0) is 90.1 Å². The largest absolute Gasteiger partial charge is 0.493 e. The third-order valence-electron chi connectivity index (χ3n) is 6.07. The molecule has 0 aliphatic rings. The molecule has 3 aromatic carbocycles. The van der Waals surface area contributed by atoms with Crippen molar-refractivity contribution in [2.24, 2.45) is 5.92 Å². The number of anilines is 1. The van der Waals surface area contributed by atoms with Crippen molar-refractivity contribution in [3.8, 4) is 5.75 Å². The summed E-state index contributed by atoms with van der Waals surface area (Å²) < 4.78 is 6.51. The fraction of sp³-hybridized carbons (Fsp3) is 0.290. The average molecular weight is 640 g/mol. The first kappa shape index (κ1) is 31.8. The maximum Gasteiger partial charge on any atom is 0.269 e. The summed E-state index contributed by atoms with van der Waals surface area (Å²) in [4.78, 5) is 38.0.